The first-order valence-electron chi connectivity index (χ1n) is 10.4. The number of nitro groups is 1. The van der Waals surface area contributed by atoms with Crippen LogP contribution in [0.4, 0.5) is 11.4 Å². The van der Waals surface area contributed by atoms with E-state index in [1.807, 2.05) is 12.1 Å². The molecule has 1 aliphatic carbocycles. The minimum Gasteiger partial charge on any atom is -0.493 e. The van der Waals surface area contributed by atoms with Gasteiger partial charge in [0.05, 0.1) is 25.2 Å². The zero-order valence-corrected chi connectivity index (χ0v) is 18.2. The van der Waals surface area contributed by atoms with Crippen LogP contribution in [-0.4, -0.2) is 38.1 Å². The Morgan fingerprint density at radius 2 is 1.71 bits per heavy atom. The molecule has 3 rings (SSSR count). The van der Waals surface area contributed by atoms with Crippen molar-refractivity contribution in [2.45, 2.75) is 44.7 Å². The SMILES string of the molecule is COc1cc(C(=O)NCc2ccc(N(C)C3CCCCC3)cc2)c([N+](=O)[O-])cc1OC. The van der Waals surface area contributed by atoms with E-state index < -0.39 is 10.8 Å². The molecular formula is C23H29N3O5. The summed E-state index contributed by atoms with van der Waals surface area (Å²) in [7, 11) is 4.93. The van der Waals surface area contributed by atoms with Crippen molar-refractivity contribution in [1.82, 2.24) is 5.32 Å². The van der Waals surface area contributed by atoms with Gasteiger partial charge in [0.1, 0.15) is 5.56 Å². The van der Waals surface area contributed by atoms with Gasteiger partial charge in [0.15, 0.2) is 11.5 Å². The summed E-state index contributed by atoms with van der Waals surface area (Å²) in [6.07, 6.45) is 6.32. The van der Waals surface area contributed by atoms with Crippen LogP contribution in [0.2, 0.25) is 0 Å². The van der Waals surface area contributed by atoms with Gasteiger partial charge in [0, 0.05) is 31.4 Å². The molecule has 0 unspecified atom stereocenters. The fourth-order valence-corrected chi connectivity index (χ4v) is 4.01. The van der Waals surface area contributed by atoms with Gasteiger partial charge in [-0.25, -0.2) is 0 Å². The molecule has 0 heterocycles. The Kier molecular flexibility index (Phi) is 7.33. The number of anilines is 1. The minimum atomic E-state index is -0.604. The number of nitro benzene ring substituents is 1. The third-order valence-corrected chi connectivity index (χ3v) is 5.86. The Morgan fingerprint density at radius 1 is 1.10 bits per heavy atom. The molecule has 1 aliphatic rings. The van der Waals surface area contributed by atoms with Gasteiger partial charge >= 0.3 is 0 Å². The predicted octanol–water partition coefficient (Wildman–Crippen LogP) is 4.31. The summed E-state index contributed by atoms with van der Waals surface area (Å²) in [5.41, 5.74) is 1.66. The lowest BCUT2D eigenvalue weighted by Gasteiger charge is -2.33. The molecule has 0 radical (unpaired) electrons. The van der Waals surface area contributed by atoms with Crippen LogP contribution in [0.1, 0.15) is 48.0 Å². The van der Waals surface area contributed by atoms with Gasteiger partial charge in [-0.15, -0.1) is 0 Å². The molecule has 31 heavy (non-hydrogen) atoms. The Bertz CT molecular complexity index is 924. The van der Waals surface area contributed by atoms with Gasteiger partial charge in [-0.1, -0.05) is 31.4 Å². The molecule has 0 bridgehead atoms. The van der Waals surface area contributed by atoms with Crippen LogP contribution in [0, 0.1) is 10.1 Å². The second kappa shape index (κ2) is 10.1. The van der Waals surface area contributed by atoms with Crippen LogP contribution in [-0.2, 0) is 6.54 Å². The van der Waals surface area contributed by atoms with Crippen molar-refractivity contribution in [3.05, 3.63) is 57.6 Å². The van der Waals surface area contributed by atoms with E-state index in [2.05, 4.69) is 29.4 Å². The van der Waals surface area contributed by atoms with E-state index in [0.717, 1.165) is 11.3 Å². The van der Waals surface area contributed by atoms with Crippen molar-refractivity contribution in [2.75, 3.05) is 26.2 Å². The highest BCUT2D eigenvalue weighted by Gasteiger charge is 2.24. The normalized spacial score (nSPS) is 14.0. The predicted molar refractivity (Wildman–Crippen MR) is 119 cm³/mol. The number of methoxy groups -OCH3 is 2. The lowest BCUT2D eigenvalue weighted by atomic mass is 9.94. The second-order valence-corrected chi connectivity index (χ2v) is 7.73. The second-order valence-electron chi connectivity index (χ2n) is 7.73. The fraction of sp³-hybridized carbons (Fsp3) is 0.435. The van der Waals surface area contributed by atoms with Gasteiger partial charge in [-0.05, 0) is 30.5 Å². The van der Waals surface area contributed by atoms with Crippen molar-refractivity contribution < 1.29 is 19.2 Å². The molecule has 1 N–H and O–H groups in total. The lowest BCUT2D eigenvalue weighted by Crippen LogP contribution is -2.33. The maximum Gasteiger partial charge on any atom is 0.286 e. The van der Waals surface area contributed by atoms with E-state index in [9.17, 15) is 14.9 Å². The molecular weight excluding hydrogens is 398 g/mol. The molecule has 0 atom stereocenters. The van der Waals surface area contributed by atoms with Crippen LogP contribution < -0.4 is 19.7 Å². The third-order valence-electron chi connectivity index (χ3n) is 5.86. The van der Waals surface area contributed by atoms with E-state index in [0.29, 0.717) is 6.04 Å². The van der Waals surface area contributed by atoms with Crippen molar-refractivity contribution >= 4 is 17.3 Å². The summed E-state index contributed by atoms with van der Waals surface area (Å²) in [5, 5.41) is 14.2. The number of carbonyl (C=O) groups excluding carboxylic acids is 1. The average Bonchev–Trinajstić information content (AvgIpc) is 2.81. The summed E-state index contributed by atoms with van der Waals surface area (Å²) >= 11 is 0. The summed E-state index contributed by atoms with van der Waals surface area (Å²) in [6.45, 7) is 0.262. The standard InChI is InChI=1S/C23H29N3O5/c1-25(17-7-5-4-6-8-17)18-11-9-16(10-12-18)15-24-23(27)19-13-21(30-2)22(31-3)14-20(19)26(28)29/h9-14,17H,4-8,15H2,1-3H3,(H,24,27). The maximum absolute atomic E-state index is 12.7. The molecule has 1 saturated carbocycles. The van der Waals surface area contributed by atoms with Crippen LogP contribution in [0.25, 0.3) is 0 Å². The molecule has 2 aromatic rings. The van der Waals surface area contributed by atoms with Gasteiger partial charge in [0.25, 0.3) is 11.6 Å². The van der Waals surface area contributed by atoms with Crippen LogP contribution in [0.5, 0.6) is 11.5 Å². The molecule has 0 aromatic heterocycles. The molecule has 8 heteroatoms. The van der Waals surface area contributed by atoms with E-state index in [-0.39, 0.29) is 29.3 Å². The number of rotatable bonds is 8. The Balaban J connectivity index is 1.68. The highest BCUT2D eigenvalue weighted by Crippen LogP contribution is 2.34. The van der Waals surface area contributed by atoms with E-state index in [1.54, 1.807) is 0 Å². The van der Waals surface area contributed by atoms with E-state index in [1.165, 1.54) is 58.5 Å². The van der Waals surface area contributed by atoms with Crippen molar-refractivity contribution in [1.29, 1.82) is 0 Å². The van der Waals surface area contributed by atoms with Crippen molar-refractivity contribution in [3.63, 3.8) is 0 Å². The monoisotopic (exact) mass is 427 g/mol. The number of hydrogen-bond acceptors (Lipinski definition) is 6. The third kappa shape index (κ3) is 5.25. The Morgan fingerprint density at radius 3 is 2.29 bits per heavy atom. The summed E-state index contributed by atoms with van der Waals surface area (Å²) in [4.78, 5) is 25.8. The number of carbonyl (C=O) groups is 1. The number of amides is 1. The summed E-state index contributed by atoms with van der Waals surface area (Å²) in [5.74, 6) is -0.0900. The zero-order valence-electron chi connectivity index (χ0n) is 18.2. The van der Waals surface area contributed by atoms with Crippen LogP contribution in [0.15, 0.2) is 36.4 Å². The number of benzene rings is 2. The number of nitrogens with one attached hydrogen (secondary N) is 1. The average molecular weight is 428 g/mol. The van der Waals surface area contributed by atoms with Gasteiger partial charge in [-0.2, -0.15) is 0 Å². The highest BCUT2D eigenvalue weighted by atomic mass is 16.6. The fourth-order valence-electron chi connectivity index (χ4n) is 4.01. The van der Waals surface area contributed by atoms with Gasteiger partial charge in [0.2, 0.25) is 0 Å². The number of ether oxygens (including phenoxy) is 2. The molecule has 1 amide bonds. The van der Waals surface area contributed by atoms with Crippen molar-refractivity contribution in [2.24, 2.45) is 0 Å². The first-order valence-corrected chi connectivity index (χ1v) is 10.4. The highest BCUT2D eigenvalue weighted by molar-refractivity contribution is 5.99. The Labute approximate surface area is 182 Å². The van der Waals surface area contributed by atoms with E-state index in [4.69, 9.17) is 9.47 Å². The molecule has 1 fully saturated rings. The first kappa shape index (κ1) is 22.4. The van der Waals surface area contributed by atoms with Crippen LogP contribution >= 0.6 is 0 Å². The smallest absolute Gasteiger partial charge is 0.286 e. The maximum atomic E-state index is 12.7. The number of hydrogen-bond donors (Lipinski definition) is 1. The molecule has 0 spiro atoms. The molecule has 8 nitrogen and oxygen atoms in total. The molecule has 0 aliphatic heterocycles. The summed E-state index contributed by atoms with van der Waals surface area (Å²) in [6, 6.07) is 11.1. The largest absolute Gasteiger partial charge is 0.493 e. The minimum absolute atomic E-state index is 0.0729. The van der Waals surface area contributed by atoms with Gasteiger partial charge < -0.3 is 19.7 Å². The van der Waals surface area contributed by atoms with E-state index >= 15 is 0 Å². The first-order chi connectivity index (χ1) is 14.9. The molecule has 0 saturated heterocycles. The van der Waals surface area contributed by atoms with Crippen molar-refractivity contribution in [3.8, 4) is 11.5 Å². The number of nitrogens with zero attached hydrogens (tertiary/aromatic N) is 2. The van der Waals surface area contributed by atoms with Gasteiger partial charge in [-0.3, -0.25) is 14.9 Å². The summed E-state index contributed by atoms with van der Waals surface area (Å²) < 4.78 is 10.3. The zero-order chi connectivity index (χ0) is 22.4. The lowest BCUT2D eigenvalue weighted by molar-refractivity contribution is -0.385. The quantitative estimate of drug-likeness (QED) is 0.498. The Hall–Kier alpha value is -3.29. The van der Waals surface area contributed by atoms with Crippen LogP contribution in [0.3, 0.4) is 0 Å². The topological polar surface area (TPSA) is 93.9 Å². The molecule has 2 aromatic carbocycles. The molecule has 166 valence electrons.